The lowest BCUT2D eigenvalue weighted by molar-refractivity contribution is 0.0547. The Morgan fingerprint density at radius 1 is 1.33 bits per heavy atom. The smallest absolute Gasteiger partial charge is 0.123 e. The molecule has 2 heterocycles. The highest BCUT2D eigenvalue weighted by atomic mass is 19.1. The van der Waals surface area contributed by atoms with Crippen molar-refractivity contribution in [3.8, 4) is 5.69 Å². The van der Waals surface area contributed by atoms with Gasteiger partial charge in [0.2, 0.25) is 0 Å². The lowest BCUT2D eigenvalue weighted by Gasteiger charge is -2.22. The molecule has 4 nitrogen and oxygen atoms in total. The summed E-state index contributed by atoms with van der Waals surface area (Å²) >= 11 is 0. The third-order valence-corrected chi connectivity index (χ3v) is 3.74. The van der Waals surface area contributed by atoms with Crippen LogP contribution in [0.5, 0.6) is 0 Å². The predicted molar refractivity (Wildman–Crippen MR) is 78.8 cm³/mol. The molecule has 1 fully saturated rings. The zero-order valence-electron chi connectivity index (χ0n) is 12.0. The van der Waals surface area contributed by atoms with Gasteiger partial charge >= 0.3 is 0 Å². The number of halogens is 1. The summed E-state index contributed by atoms with van der Waals surface area (Å²) < 4.78 is 20.1. The Kier molecular flexibility index (Phi) is 4.62. The minimum Gasteiger partial charge on any atom is -0.381 e. The minimum atomic E-state index is -0.234. The van der Waals surface area contributed by atoms with E-state index in [9.17, 15) is 4.39 Å². The molecule has 1 aliphatic heterocycles. The number of hydrogen-bond donors (Lipinski definition) is 1. The molecular weight excluding hydrogens is 269 g/mol. The molecule has 1 saturated heterocycles. The van der Waals surface area contributed by atoms with E-state index in [1.807, 2.05) is 12.4 Å². The molecule has 1 aromatic heterocycles. The summed E-state index contributed by atoms with van der Waals surface area (Å²) in [5.74, 6) is 0.383. The van der Waals surface area contributed by atoms with Gasteiger partial charge in [0, 0.05) is 31.5 Å². The number of nitrogens with zero attached hydrogens (tertiary/aromatic N) is 2. The monoisotopic (exact) mass is 289 g/mol. The van der Waals surface area contributed by atoms with Gasteiger partial charge in [-0.2, -0.15) is 5.10 Å². The van der Waals surface area contributed by atoms with Crippen molar-refractivity contribution in [2.45, 2.75) is 19.4 Å². The topological polar surface area (TPSA) is 39.1 Å². The van der Waals surface area contributed by atoms with Gasteiger partial charge in [0.25, 0.3) is 0 Å². The van der Waals surface area contributed by atoms with E-state index < -0.39 is 0 Å². The van der Waals surface area contributed by atoms with Crippen LogP contribution in [0.4, 0.5) is 4.39 Å². The van der Waals surface area contributed by atoms with Crippen molar-refractivity contribution in [2.75, 3.05) is 19.8 Å². The van der Waals surface area contributed by atoms with Crippen molar-refractivity contribution in [1.29, 1.82) is 0 Å². The van der Waals surface area contributed by atoms with Gasteiger partial charge in [0.1, 0.15) is 5.82 Å². The first-order valence-electron chi connectivity index (χ1n) is 7.39. The van der Waals surface area contributed by atoms with E-state index in [4.69, 9.17) is 4.74 Å². The largest absolute Gasteiger partial charge is 0.381 e. The first-order valence-corrected chi connectivity index (χ1v) is 7.39. The molecule has 0 bridgehead atoms. The molecule has 0 aliphatic carbocycles. The van der Waals surface area contributed by atoms with Gasteiger partial charge in [-0.15, -0.1) is 0 Å². The second kappa shape index (κ2) is 6.83. The Morgan fingerprint density at radius 2 is 2.19 bits per heavy atom. The highest BCUT2D eigenvalue weighted by Crippen LogP contribution is 2.13. The number of ether oxygens (including phenoxy) is 1. The van der Waals surface area contributed by atoms with E-state index in [0.717, 1.165) is 44.0 Å². The molecule has 0 saturated carbocycles. The summed E-state index contributed by atoms with van der Waals surface area (Å²) in [7, 11) is 0. The first-order chi connectivity index (χ1) is 10.3. The first kappa shape index (κ1) is 14.2. The SMILES string of the molecule is Fc1ccc(-n2cc(CNCC3CCCOC3)cn2)cc1. The third-order valence-electron chi connectivity index (χ3n) is 3.74. The Bertz CT molecular complexity index is 561. The fourth-order valence-electron chi connectivity index (χ4n) is 2.58. The van der Waals surface area contributed by atoms with Crippen molar-refractivity contribution < 1.29 is 9.13 Å². The molecule has 1 atom stereocenters. The van der Waals surface area contributed by atoms with E-state index in [0.29, 0.717) is 5.92 Å². The van der Waals surface area contributed by atoms with E-state index in [1.54, 1.807) is 16.8 Å². The standard InChI is InChI=1S/C16H20FN3O/c17-15-3-5-16(6-4-15)20-11-14(10-19-20)9-18-8-13-2-1-7-21-12-13/h3-6,10-11,13,18H,1-2,7-9,12H2. The average molecular weight is 289 g/mol. The molecule has 1 aromatic carbocycles. The number of nitrogens with one attached hydrogen (secondary N) is 1. The van der Waals surface area contributed by atoms with Crippen LogP contribution in [0.1, 0.15) is 18.4 Å². The quantitative estimate of drug-likeness (QED) is 0.919. The second-order valence-electron chi connectivity index (χ2n) is 5.48. The number of rotatable bonds is 5. The number of hydrogen-bond acceptors (Lipinski definition) is 3. The molecule has 2 aromatic rings. The van der Waals surface area contributed by atoms with Crippen LogP contribution in [0.25, 0.3) is 5.69 Å². The molecule has 112 valence electrons. The summed E-state index contributed by atoms with van der Waals surface area (Å²) in [5.41, 5.74) is 1.99. The van der Waals surface area contributed by atoms with Gasteiger partial charge in [0.15, 0.2) is 0 Å². The lowest BCUT2D eigenvalue weighted by Crippen LogP contribution is -2.28. The molecule has 0 amide bonds. The Balaban J connectivity index is 1.51. The maximum Gasteiger partial charge on any atom is 0.123 e. The van der Waals surface area contributed by atoms with Crippen LogP contribution >= 0.6 is 0 Å². The molecule has 0 spiro atoms. The Labute approximate surface area is 123 Å². The van der Waals surface area contributed by atoms with Crippen LogP contribution in [-0.2, 0) is 11.3 Å². The Hall–Kier alpha value is -1.72. The van der Waals surface area contributed by atoms with Gasteiger partial charge in [-0.25, -0.2) is 9.07 Å². The molecule has 21 heavy (non-hydrogen) atoms. The molecule has 1 N–H and O–H groups in total. The van der Waals surface area contributed by atoms with Gasteiger partial charge in [-0.05, 0) is 43.0 Å². The summed E-state index contributed by atoms with van der Waals surface area (Å²) in [6.07, 6.45) is 6.21. The maximum atomic E-state index is 12.9. The van der Waals surface area contributed by atoms with Crippen molar-refractivity contribution in [3.05, 3.63) is 48.0 Å². The summed E-state index contributed by atoms with van der Waals surface area (Å²) in [5, 5.41) is 7.76. The lowest BCUT2D eigenvalue weighted by atomic mass is 10.0. The average Bonchev–Trinajstić information content (AvgIpc) is 2.98. The highest BCUT2D eigenvalue weighted by molar-refractivity contribution is 5.31. The van der Waals surface area contributed by atoms with E-state index in [2.05, 4.69) is 10.4 Å². The molecule has 1 unspecified atom stereocenters. The van der Waals surface area contributed by atoms with Crippen LogP contribution in [0.15, 0.2) is 36.7 Å². The van der Waals surface area contributed by atoms with Gasteiger partial charge in [0.05, 0.1) is 18.5 Å². The van der Waals surface area contributed by atoms with Gasteiger partial charge < -0.3 is 10.1 Å². The van der Waals surface area contributed by atoms with Crippen molar-refractivity contribution >= 4 is 0 Å². The van der Waals surface area contributed by atoms with Gasteiger partial charge in [-0.1, -0.05) is 0 Å². The zero-order valence-corrected chi connectivity index (χ0v) is 12.0. The van der Waals surface area contributed by atoms with Crippen LogP contribution in [0, 0.1) is 11.7 Å². The number of benzene rings is 1. The van der Waals surface area contributed by atoms with Gasteiger partial charge in [-0.3, -0.25) is 0 Å². The molecule has 3 rings (SSSR count). The van der Waals surface area contributed by atoms with E-state index >= 15 is 0 Å². The third kappa shape index (κ3) is 3.89. The van der Waals surface area contributed by atoms with E-state index in [1.165, 1.54) is 18.6 Å². The minimum absolute atomic E-state index is 0.234. The van der Waals surface area contributed by atoms with Crippen molar-refractivity contribution in [2.24, 2.45) is 5.92 Å². The number of aromatic nitrogens is 2. The highest BCUT2D eigenvalue weighted by Gasteiger charge is 2.13. The van der Waals surface area contributed by atoms with Crippen molar-refractivity contribution in [3.63, 3.8) is 0 Å². The normalized spacial score (nSPS) is 18.8. The maximum absolute atomic E-state index is 12.9. The van der Waals surface area contributed by atoms with Crippen LogP contribution in [0.2, 0.25) is 0 Å². The summed E-state index contributed by atoms with van der Waals surface area (Å²) in [6.45, 7) is 3.53. The second-order valence-corrected chi connectivity index (χ2v) is 5.48. The summed E-state index contributed by atoms with van der Waals surface area (Å²) in [4.78, 5) is 0. The predicted octanol–water partition coefficient (Wildman–Crippen LogP) is 2.53. The van der Waals surface area contributed by atoms with Crippen LogP contribution < -0.4 is 5.32 Å². The molecule has 1 aliphatic rings. The fraction of sp³-hybridized carbons (Fsp3) is 0.438. The van der Waals surface area contributed by atoms with Crippen LogP contribution in [-0.4, -0.2) is 29.5 Å². The summed E-state index contributed by atoms with van der Waals surface area (Å²) in [6, 6.07) is 6.33. The zero-order chi connectivity index (χ0) is 14.5. The molecular formula is C16H20FN3O. The van der Waals surface area contributed by atoms with Crippen molar-refractivity contribution in [1.82, 2.24) is 15.1 Å². The van der Waals surface area contributed by atoms with E-state index in [-0.39, 0.29) is 5.82 Å². The molecule has 0 radical (unpaired) electrons. The Morgan fingerprint density at radius 3 is 2.95 bits per heavy atom. The molecule has 5 heteroatoms. The fourth-order valence-corrected chi connectivity index (χ4v) is 2.58. The van der Waals surface area contributed by atoms with Crippen LogP contribution in [0.3, 0.4) is 0 Å².